The molecular weight excluding hydrogens is 206 g/mol. The van der Waals surface area contributed by atoms with Crippen LogP contribution < -0.4 is 5.32 Å². The van der Waals surface area contributed by atoms with E-state index < -0.39 is 0 Å². The summed E-state index contributed by atoms with van der Waals surface area (Å²) in [5.41, 5.74) is 4.81. The summed E-state index contributed by atoms with van der Waals surface area (Å²) in [4.78, 5) is 0. The first-order valence-electron chi connectivity index (χ1n) is 6.05. The normalized spacial score (nSPS) is 12.4. The lowest BCUT2D eigenvalue weighted by Gasteiger charge is -2.30. The van der Waals surface area contributed by atoms with Gasteiger partial charge in [-0.1, -0.05) is 50.3 Å². The standard InChI is InChI=1S/C16H23N/c1-7-12(2)16(4,5)13(3)14-10-8-9-11-15(14)17-6/h7-11,17H,3H2,1-2,4-6H3/b12-7+. The first-order chi connectivity index (χ1) is 7.95. The number of rotatable bonds is 4. The molecule has 0 atom stereocenters. The maximum absolute atomic E-state index is 4.29. The van der Waals surface area contributed by atoms with Crippen LogP contribution in [0, 0.1) is 5.41 Å². The Balaban J connectivity index is 3.21. The Morgan fingerprint density at radius 1 is 1.29 bits per heavy atom. The third-order valence-electron chi connectivity index (χ3n) is 3.69. The van der Waals surface area contributed by atoms with E-state index in [1.54, 1.807) is 0 Å². The van der Waals surface area contributed by atoms with Gasteiger partial charge in [-0.2, -0.15) is 0 Å². The lowest BCUT2D eigenvalue weighted by atomic mass is 9.75. The van der Waals surface area contributed by atoms with E-state index in [1.807, 2.05) is 13.1 Å². The van der Waals surface area contributed by atoms with E-state index in [1.165, 1.54) is 11.1 Å². The Bertz CT molecular complexity index is 439. The second-order valence-electron chi connectivity index (χ2n) is 4.87. The zero-order valence-corrected chi connectivity index (χ0v) is 11.6. The fourth-order valence-corrected chi connectivity index (χ4v) is 1.90. The lowest BCUT2D eigenvalue weighted by Crippen LogP contribution is -2.15. The van der Waals surface area contributed by atoms with Gasteiger partial charge in [0.05, 0.1) is 0 Å². The third kappa shape index (κ3) is 2.60. The first-order valence-corrected chi connectivity index (χ1v) is 6.05. The predicted molar refractivity (Wildman–Crippen MR) is 78.2 cm³/mol. The molecule has 0 amide bonds. The van der Waals surface area contributed by atoms with Crippen LogP contribution in [0.25, 0.3) is 5.57 Å². The molecule has 1 aromatic carbocycles. The van der Waals surface area contributed by atoms with Crippen LogP contribution in [-0.4, -0.2) is 7.05 Å². The molecule has 0 unspecified atom stereocenters. The first kappa shape index (κ1) is 13.6. The molecule has 0 aliphatic heterocycles. The summed E-state index contributed by atoms with van der Waals surface area (Å²) < 4.78 is 0. The Hall–Kier alpha value is -1.50. The fraction of sp³-hybridized carbons (Fsp3) is 0.375. The molecule has 1 heteroatoms. The number of hydrogen-bond acceptors (Lipinski definition) is 1. The van der Waals surface area contributed by atoms with Gasteiger partial charge < -0.3 is 5.32 Å². The number of benzene rings is 1. The number of hydrogen-bond donors (Lipinski definition) is 1. The van der Waals surface area contributed by atoms with Gasteiger partial charge in [0.25, 0.3) is 0 Å². The van der Waals surface area contributed by atoms with Crippen molar-refractivity contribution < 1.29 is 0 Å². The van der Waals surface area contributed by atoms with E-state index in [9.17, 15) is 0 Å². The number of anilines is 1. The van der Waals surface area contributed by atoms with Crippen molar-refractivity contribution in [1.82, 2.24) is 0 Å². The van der Waals surface area contributed by atoms with Crippen molar-refractivity contribution in [2.24, 2.45) is 5.41 Å². The van der Waals surface area contributed by atoms with Crippen LogP contribution in [-0.2, 0) is 0 Å². The van der Waals surface area contributed by atoms with Crippen LogP contribution in [0.2, 0.25) is 0 Å². The zero-order chi connectivity index (χ0) is 13.1. The summed E-state index contributed by atoms with van der Waals surface area (Å²) in [5, 5.41) is 3.23. The molecule has 0 heterocycles. The average molecular weight is 229 g/mol. The number of allylic oxidation sites excluding steroid dienone is 3. The molecule has 0 saturated heterocycles. The van der Waals surface area contributed by atoms with Gasteiger partial charge in [-0.3, -0.25) is 0 Å². The molecule has 0 aromatic heterocycles. The zero-order valence-electron chi connectivity index (χ0n) is 11.6. The van der Waals surface area contributed by atoms with Gasteiger partial charge in [0.2, 0.25) is 0 Å². The van der Waals surface area contributed by atoms with Crippen molar-refractivity contribution in [3.63, 3.8) is 0 Å². The van der Waals surface area contributed by atoms with E-state index in [0.717, 1.165) is 11.3 Å². The summed E-state index contributed by atoms with van der Waals surface area (Å²) in [7, 11) is 1.95. The van der Waals surface area contributed by atoms with Crippen molar-refractivity contribution in [3.05, 3.63) is 48.1 Å². The van der Waals surface area contributed by atoms with Crippen molar-refractivity contribution in [3.8, 4) is 0 Å². The highest BCUT2D eigenvalue weighted by Crippen LogP contribution is 2.41. The minimum Gasteiger partial charge on any atom is -0.388 e. The Morgan fingerprint density at radius 3 is 2.41 bits per heavy atom. The molecule has 1 aromatic rings. The van der Waals surface area contributed by atoms with Crippen LogP contribution in [0.4, 0.5) is 5.69 Å². The van der Waals surface area contributed by atoms with Crippen LogP contribution in [0.1, 0.15) is 33.3 Å². The highest BCUT2D eigenvalue weighted by molar-refractivity contribution is 5.79. The van der Waals surface area contributed by atoms with Gasteiger partial charge in [0.1, 0.15) is 0 Å². The maximum Gasteiger partial charge on any atom is 0.0414 e. The fourth-order valence-electron chi connectivity index (χ4n) is 1.90. The topological polar surface area (TPSA) is 12.0 Å². The molecule has 0 fully saturated rings. The highest BCUT2D eigenvalue weighted by Gasteiger charge is 2.25. The average Bonchev–Trinajstić information content (AvgIpc) is 2.36. The SMILES string of the molecule is C=C(c1ccccc1NC)C(C)(C)/C(C)=C/C. The van der Waals surface area contributed by atoms with Crippen molar-refractivity contribution >= 4 is 11.3 Å². The molecular formula is C16H23N. The highest BCUT2D eigenvalue weighted by atomic mass is 14.8. The van der Waals surface area contributed by atoms with Crippen LogP contribution >= 0.6 is 0 Å². The van der Waals surface area contributed by atoms with Gasteiger partial charge in [-0.25, -0.2) is 0 Å². The Kier molecular flexibility index (Phi) is 4.17. The summed E-state index contributed by atoms with van der Waals surface area (Å²) in [5.74, 6) is 0. The van der Waals surface area contributed by atoms with E-state index in [-0.39, 0.29) is 5.41 Å². The van der Waals surface area contributed by atoms with E-state index in [4.69, 9.17) is 0 Å². The van der Waals surface area contributed by atoms with Crippen LogP contribution in [0.5, 0.6) is 0 Å². The Morgan fingerprint density at radius 2 is 1.88 bits per heavy atom. The van der Waals surface area contributed by atoms with Crippen LogP contribution in [0.3, 0.4) is 0 Å². The van der Waals surface area contributed by atoms with Crippen molar-refractivity contribution in [1.29, 1.82) is 0 Å². The molecule has 1 N–H and O–H groups in total. The Labute approximate surface area is 105 Å². The third-order valence-corrected chi connectivity index (χ3v) is 3.69. The second-order valence-corrected chi connectivity index (χ2v) is 4.87. The number of nitrogens with one attached hydrogen (secondary N) is 1. The smallest absolute Gasteiger partial charge is 0.0414 e. The molecule has 0 bridgehead atoms. The van der Waals surface area contributed by atoms with Gasteiger partial charge in [0.15, 0.2) is 0 Å². The molecule has 0 aliphatic rings. The van der Waals surface area contributed by atoms with Gasteiger partial charge in [-0.15, -0.1) is 0 Å². The summed E-state index contributed by atoms with van der Waals surface area (Å²) in [6.07, 6.45) is 2.16. The van der Waals surface area contributed by atoms with E-state index in [2.05, 4.69) is 63.9 Å². The minimum atomic E-state index is -0.0122. The largest absolute Gasteiger partial charge is 0.388 e. The van der Waals surface area contributed by atoms with Gasteiger partial charge >= 0.3 is 0 Å². The minimum absolute atomic E-state index is 0.0122. The summed E-state index contributed by atoms with van der Waals surface area (Å²) in [6.45, 7) is 13.0. The molecule has 92 valence electrons. The lowest BCUT2D eigenvalue weighted by molar-refractivity contribution is 0.602. The molecule has 1 rings (SSSR count). The second kappa shape index (κ2) is 5.22. The predicted octanol–water partition coefficient (Wildman–Crippen LogP) is 4.73. The quantitative estimate of drug-likeness (QED) is 0.736. The van der Waals surface area contributed by atoms with E-state index in [0.29, 0.717) is 0 Å². The molecule has 0 spiro atoms. The van der Waals surface area contributed by atoms with Crippen molar-refractivity contribution in [2.45, 2.75) is 27.7 Å². The monoisotopic (exact) mass is 229 g/mol. The molecule has 0 saturated carbocycles. The molecule has 0 radical (unpaired) electrons. The molecule has 17 heavy (non-hydrogen) atoms. The molecule has 0 aliphatic carbocycles. The summed E-state index contributed by atoms with van der Waals surface area (Å²) in [6, 6.07) is 8.31. The molecule has 1 nitrogen and oxygen atoms in total. The van der Waals surface area contributed by atoms with Crippen molar-refractivity contribution in [2.75, 3.05) is 12.4 Å². The maximum atomic E-state index is 4.29. The number of para-hydroxylation sites is 1. The van der Waals surface area contributed by atoms with Gasteiger partial charge in [0, 0.05) is 23.7 Å². The van der Waals surface area contributed by atoms with Crippen LogP contribution in [0.15, 0.2) is 42.5 Å². The van der Waals surface area contributed by atoms with Gasteiger partial charge in [-0.05, 0) is 25.5 Å². The van der Waals surface area contributed by atoms with E-state index >= 15 is 0 Å². The summed E-state index contributed by atoms with van der Waals surface area (Å²) >= 11 is 0.